The van der Waals surface area contributed by atoms with Crippen LogP contribution in [0.5, 0.6) is 0 Å². The van der Waals surface area contributed by atoms with E-state index in [0.29, 0.717) is 0 Å². The van der Waals surface area contributed by atoms with Crippen LogP contribution in [-0.2, 0) is 4.79 Å². The van der Waals surface area contributed by atoms with Gasteiger partial charge in [-0.15, -0.1) is 11.3 Å². The topological polar surface area (TPSA) is 75.4 Å². The summed E-state index contributed by atoms with van der Waals surface area (Å²) in [6, 6.07) is 10.2. The Hall–Kier alpha value is -1.43. The number of hydrogen-bond acceptors (Lipinski definition) is 4. The number of benzene rings is 1. The summed E-state index contributed by atoms with van der Waals surface area (Å²) in [6.07, 6.45) is 1.87. The first kappa shape index (κ1) is 14.5. The number of nitrogens with one attached hydrogen (secondary N) is 1. The van der Waals surface area contributed by atoms with Crippen molar-refractivity contribution < 1.29 is 9.90 Å². The van der Waals surface area contributed by atoms with Crippen LogP contribution >= 0.6 is 11.3 Å². The molecule has 1 amide bonds. The minimum absolute atomic E-state index is 0.00890. The van der Waals surface area contributed by atoms with Crippen molar-refractivity contribution in [3.05, 3.63) is 35.2 Å². The molecule has 4 N–H and O–H groups in total. The summed E-state index contributed by atoms with van der Waals surface area (Å²) in [5, 5.41) is 14.2. The minimum atomic E-state index is -0.651. The second-order valence-electron chi connectivity index (χ2n) is 5.72. The van der Waals surface area contributed by atoms with E-state index in [4.69, 9.17) is 5.73 Å². The molecule has 1 fully saturated rings. The van der Waals surface area contributed by atoms with E-state index >= 15 is 0 Å². The summed E-state index contributed by atoms with van der Waals surface area (Å²) in [6.45, 7) is 0.261. The average molecular weight is 304 g/mol. The summed E-state index contributed by atoms with van der Waals surface area (Å²) in [7, 11) is 0. The van der Waals surface area contributed by atoms with Gasteiger partial charge in [-0.3, -0.25) is 4.79 Å². The van der Waals surface area contributed by atoms with Gasteiger partial charge in [0.25, 0.3) is 0 Å². The summed E-state index contributed by atoms with van der Waals surface area (Å²) >= 11 is 1.57. The van der Waals surface area contributed by atoms with Gasteiger partial charge in [-0.1, -0.05) is 18.2 Å². The van der Waals surface area contributed by atoms with Gasteiger partial charge >= 0.3 is 0 Å². The van der Waals surface area contributed by atoms with Crippen molar-refractivity contribution in [3.63, 3.8) is 0 Å². The molecule has 1 aliphatic carbocycles. The van der Waals surface area contributed by atoms with Crippen molar-refractivity contribution in [3.8, 4) is 0 Å². The third-order valence-electron chi connectivity index (χ3n) is 4.09. The maximum atomic E-state index is 12.0. The molecule has 3 rings (SSSR count). The summed E-state index contributed by atoms with van der Waals surface area (Å²) in [5.41, 5.74) is 5.83. The smallest absolute Gasteiger partial charge is 0.223 e. The molecule has 0 radical (unpaired) electrons. The molecule has 3 atom stereocenters. The lowest BCUT2D eigenvalue weighted by molar-refractivity contribution is -0.125. The Bertz CT molecular complexity index is 607. The van der Waals surface area contributed by atoms with Crippen LogP contribution in [0.4, 0.5) is 0 Å². The highest BCUT2D eigenvalue weighted by Crippen LogP contribution is 2.29. The fourth-order valence-electron chi connectivity index (χ4n) is 2.86. The maximum absolute atomic E-state index is 12.0. The second-order valence-corrected chi connectivity index (χ2v) is 6.83. The van der Waals surface area contributed by atoms with Gasteiger partial charge in [0.2, 0.25) is 5.91 Å². The summed E-state index contributed by atoms with van der Waals surface area (Å²) < 4.78 is 1.15. The van der Waals surface area contributed by atoms with Crippen LogP contribution in [0.25, 0.3) is 10.1 Å². The SMILES string of the molecule is NC1CCC(C(=O)NCC(O)c2cc3ccccc3s2)C1. The summed E-state index contributed by atoms with van der Waals surface area (Å²) in [5.74, 6) is 0.0257. The van der Waals surface area contributed by atoms with Gasteiger partial charge in [-0.05, 0) is 36.8 Å². The van der Waals surface area contributed by atoms with E-state index in [1.54, 1.807) is 11.3 Å². The van der Waals surface area contributed by atoms with E-state index in [1.165, 1.54) is 0 Å². The van der Waals surface area contributed by atoms with Gasteiger partial charge in [-0.25, -0.2) is 0 Å². The van der Waals surface area contributed by atoms with E-state index in [9.17, 15) is 9.90 Å². The largest absolute Gasteiger partial charge is 0.386 e. The molecule has 5 heteroatoms. The molecule has 1 aromatic heterocycles. The van der Waals surface area contributed by atoms with Gasteiger partial charge in [0.1, 0.15) is 6.10 Å². The zero-order chi connectivity index (χ0) is 14.8. The quantitative estimate of drug-likeness (QED) is 0.810. The van der Waals surface area contributed by atoms with Gasteiger partial charge in [-0.2, -0.15) is 0 Å². The van der Waals surface area contributed by atoms with Crippen molar-refractivity contribution in [1.82, 2.24) is 5.32 Å². The minimum Gasteiger partial charge on any atom is -0.386 e. The predicted molar refractivity (Wildman–Crippen MR) is 85.1 cm³/mol. The van der Waals surface area contributed by atoms with Crippen molar-refractivity contribution in [2.75, 3.05) is 6.54 Å². The molecular formula is C16H20N2O2S. The van der Waals surface area contributed by atoms with Crippen LogP contribution in [0.3, 0.4) is 0 Å². The van der Waals surface area contributed by atoms with Gasteiger partial charge < -0.3 is 16.2 Å². The van der Waals surface area contributed by atoms with Crippen molar-refractivity contribution in [1.29, 1.82) is 0 Å². The maximum Gasteiger partial charge on any atom is 0.223 e. The highest BCUT2D eigenvalue weighted by atomic mass is 32.1. The van der Waals surface area contributed by atoms with E-state index in [-0.39, 0.29) is 24.4 Å². The van der Waals surface area contributed by atoms with E-state index in [0.717, 1.165) is 34.2 Å². The third-order valence-corrected chi connectivity index (χ3v) is 5.30. The molecule has 2 aromatic rings. The number of hydrogen-bond donors (Lipinski definition) is 3. The number of aliphatic hydroxyl groups excluding tert-OH is 1. The Balaban J connectivity index is 1.58. The number of aliphatic hydroxyl groups is 1. The van der Waals surface area contributed by atoms with Crippen LogP contribution < -0.4 is 11.1 Å². The number of nitrogens with two attached hydrogens (primary N) is 1. The Morgan fingerprint density at radius 1 is 1.43 bits per heavy atom. The molecule has 3 unspecified atom stereocenters. The Morgan fingerprint density at radius 3 is 2.95 bits per heavy atom. The normalized spacial score (nSPS) is 23.3. The molecular weight excluding hydrogens is 284 g/mol. The summed E-state index contributed by atoms with van der Waals surface area (Å²) in [4.78, 5) is 12.9. The number of rotatable bonds is 4. The first-order valence-electron chi connectivity index (χ1n) is 7.33. The first-order chi connectivity index (χ1) is 10.1. The van der Waals surface area contributed by atoms with E-state index in [1.807, 2.05) is 30.3 Å². The number of thiophene rings is 1. The highest BCUT2D eigenvalue weighted by molar-refractivity contribution is 7.19. The lowest BCUT2D eigenvalue weighted by atomic mass is 10.1. The van der Waals surface area contributed by atoms with Crippen LogP contribution in [0, 0.1) is 5.92 Å². The molecule has 0 bridgehead atoms. The molecule has 112 valence electrons. The third kappa shape index (κ3) is 3.26. The van der Waals surface area contributed by atoms with Crippen molar-refractivity contribution in [2.24, 2.45) is 11.7 Å². The standard InChI is InChI=1S/C16H20N2O2S/c17-12-6-5-11(7-12)16(20)18-9-13(19)15-8-10-3-1-2-4-14(10)21-15/h1-4,8,11-13,19H,5-7,9,17H2,(H,18,20). The highest BCUT2D eigenvalue weighted by Gasteiger charge is 2.27. The zero-order valence-electron chi connectivity index (χ0n) is 11.8. The lowest BCUT2D eigenvalue weighted by Crippen LogP contribution is -2.33. The lowest BCUT2D eigenvalue weighted by Gasteiger charge is -2.13. The Kier molecular flexibility index (Phi) is 4.24. The average Bonchev–Trinajstić information content (AvgIpc) is 3.10. The van der Waals surface area contributed by atoms with Crippen molar-refractivity contribution in [2.45, 2.75) is 31.4 Å². The molecule has 1 heterocycles. The molecule has 1 aliphatic rings. The number of amides is 1. The number of carbonyl (C=O) groups is 1. The first-order valence-corrected chi connectivity index (χ1v) is 8.15. The fraction of sp³-hybridized carbons (Fsp3) is 0.438. The molecule has 21 heavy (non-hydrogen) atoms. The molecule has 0 spiro atoms. The molecule has 0 saturated heterocycles. The van der Waals surface area contributed by atoms with Crippen LogP contribution in [0.15, 0.2) is 30.3 Å². The van der Waals surface area contributed by atoms with Crippen molar-refractivity contribution >= 4 is 27.3 Å². The second kappa shape index (κ2) is 6.13. The monoisotopic (exact) mass is 304 g/mol. The Labute approximate surface area is 128 Å². The Morgan fingerprint density at radius 2 is 2.24 bits per heavy atom. The van der Waals surface area contributed by atoms with E-state index in [2.05, 4.69) is 5.32 Å². The number of carbonyl (C=O) groups excluding carboxylic acids is 1. The molecule has 0 aliphatic heterocycles. The van der Waals surface area contributed by atoms with Crippen LogP contribution in [0.2, 0.25) is 0 Å². The molecule has 1 aromatic carbocycles. The molecule has 1 saturated carbocycles. The van der Waals surface area contributed by atoms with Gasteiger partial charge in [0.05, 0.1) is 0 Å². The van der Waals surface area contributed by atoms with Gasteiger partial charge in [0.15, 0.2) is 0 Å². The fourth-order valence-corrected chi connectivity index (χ4v) is 3.91. The van der Waals surface area contributed by atoms with E-state index < -0.39 is 6.10 Å². The van der Waals surface area contributed by atoms with Crippen LogP contribution in [-0.4, -0.2) is 23.6 Å². The number of fused-ring (bicyclic) bond motifs is 1. The predicted octanol–water partition coefficient (Wildman–Crippen LogP) is 2.18. The molecule has 4 nitrogen and oxygen atoms in total. The zero-order valence-corrected chi connectivity index (χ0v) is 12.6. The van der Waals surface area contributed by atoms with Crippen LogP contribution in [0.1, 0.15) is 30.2 Å². The van der Waals surface area contributed by atoms with Gasteiger partial charge in [0, 0.05) is 28.1 Å².